The molecule has 598 valence electrons. The summed E-state index contributed by atoms with van der Waals surface area (Å²) in [6.45, 7) is 66.1. The van der Waals surface area contributed by atoms with Gasteiger partial charge in [0.25, 0.3) is 5.91 Å². The van der Waals surface area contributed by atoms with Gasteiger partial charge in [-0.15, -0.1) is 0 Å². The van der Waals surface area contributed by atoms with Gasteiger partial charge in [-0.05, 0) is 167 Å². The fourth-order valence-corrected chi connectivity index (χ4v) is 13.9. The third-order valence-electron chi connectivity index (χ3n) is 20.8. The number of rotatable bonds is 15. The zero-order chi connectivity index (χ0) is 80.0. The number of fused-ring (bicyclic) bond motifs is 3. The van der Waals surface area contributed by atoms with E-state index in [0.717, 1.165) is 125 Å². The highest BCUT2D eigenvalue weighted by Crippen LogP contribution is 2.35. The Bertz CT molecular complexity index is 3090. The molecule has 8 unspecified atom stereocenters. The molecule has 8 atom stereocenters. The van der Waals surface area contributed by atoms with Gasteiger partial charge >= 0.3 is 0 Å². The summed E-state index contributed by atoms with van der Waals surface area (Å²) < 4.78 is 2.00. The van der Waals surface area contributed by atoms with Gasteiger partial charge in [0.15, 0.2) is 0 Å². The summed E-state index contributed by atoms with van der Waals surface area (Å²) in [6.07, 6.45) is 20.9. The monoisotopic (exact) mass is 1470 g/mol. The van der Waals surface area contributed by atoms with Crippen LogP contribution in [0.25, 0.3) is 10.9 Å². The molecule has 4 aromatic rings. The molecule has 6 amide bonds. The second kappa shape index (κ2) is 54.4. The van der Waals surface area contributed by atoms with Crippen LogP contribution in [0.4, 0.5) is 0 Å². The van der Waals surface area contributed by atoms with Crippen LogP contribution in [-0.4, -0.2) is 156 Å². The van der Waals surface area contributed by atoms with Crippen molar-refractivity contribution in [3.8, 4) is 0 Å². The molecule has 8 aliphatic rings. The number of likely N-dealkylation sites (N-methyl/N-ethyl adjacent to an activating group) is 2. The number of aromatic nitrogens is 2. The maximum absolute atomic E-state index is 11.8. The molecule has 0 radical (unpaired) electrons. The molecule has 0 N–H and O–H groups in total. The number of allylic oxidation sites excluding steroid dienone is 2. The quantitative estimate of drug-likeness (QED) is 0.105. The summed E-state index contributed by atoms with van der Waals surface area (Å²) in [7, 11) is 0. The highest BCUT2D eigenvalue weighted by molar-refractivity contribution is 6.03. The second-order valence-corrected chi connectivity index (χ2v) is 28.0. The minimum atomic E-state index is -0.302. The zero-order valence-electron chi connectivity index (χ0n) is 71.2. The number of aryl methyl sites for hydroxylation is 1. The number of benzene rings is 3. The van der Waals surface area contributed by atoms with Gasteiger partial charge in [-0.25, -0.2) is 0 Å². The first kappa shape index (κ1) is 96.9. The predicted molar refractivity (Wildman–Crippen MR) is 445 cm³/mol. The number of hydrogen-bond acceptors (Lipinski definition) is 11. The Balaban J connectivity index is 0.000000590. The molecule has 1 aliphatic carbocycles. The average Bonchev–Trinajstić information content (AvgIpc) is 1.31. The molecule has 17 nitrogen and oxygen atoms in total. The molecule has 12 rings (SSSR count). The first-order valence-electron chi connectivity index (χ1n) is 41.6. The van der Waals surface area contributed by atoms with Crippen molar-refractivity contribution in [1.29, 1.82) is 0 Å². The normalized spacial score (nSPS) is 21.5. The van der Waals surface area contributed by atoms with E-state index in [1.54, 1.807) is 28.5 Å². The Hall–Kier alpha value is -7.14. The van der Waals surface area contributed by atoms with Gasteiger partial charge in [0.1, 0.15) is 18.2 Å². The van der Waals surface area contributed by atoms with E-state index in [9.17, 15) is 28.8 Å². The minimum absolute atomic E-state index is 0.00986. The van der Waals surface area contributed by atoms with Gasteiger partial charge in [-0.2, -0.15) is 5.10 Å². The van der Waals surface area contributed by atoms with Gasteiger partial charge in [0.05, 0.1) is 17.4 Å². The van der Waals surface area contributed by atoms with Crippen LogP contribution < -0.4 is 0 Å². The number of amides is 6. The van der Waals surface area contributed by atoms with Gasteiger partial charge < -0.3 is 29.3 Å². The van der Waals surface area contributed by atoms with Gasteiger partial charge in [-0.1, -0.05) is 214 Å². The first-order valence-corrected chi connectivity index (χ1v) is 41.6. The Morgan fingerprint density at radius 2 is 0.953 bits per heavy atom. The Kier molecular flexibility index (Phi) is 49.8. The number of imide groups is 1. The van der Waals surface area contributed by atoms with Crippen molar-refractivity contribution in [2.24, 2.45) is 34.7 Å². The van der Waals surface area contributed by atoms with Gasteiger partial charge in [-0.3, -0.25) is 43.2 Å². The molecule has 7 aliphatic heterocycles. The van der Waals surface area contributed by atoms with Crippen molar-refractivity contribution < 1.29 is 33.6 Å². The fourth-order valence-electron chi connectivity index (χ4n) is 13.9. The number of nitrogens with zero attached hydrogens (tertiary/aromatic N) is 10. The van der Waals surface area contributed by atoms with E-state index < -0.39 is 0 Å². The number of piperazine rings is 1. The molecule has 4 saturated heterocycles. The number of carbonyl (C=O) groups is 6. The Morgan fingerprint density at radius 3 is 1.31 bits per heavy atom. The molecule has 5 fully saturated rings. The molecule has 8 heterocycles. The number of likely N-dealkylation sites (tertiary alicyclic amines) is 3. The molecule has 0 bridgehead atoms. The van der Waals surface area contributed by atoms with E-state index >= 15 is 0 Å². The topological polar surface area (TPSA) is 165 Å². The fraction of sp³-hybridized carbons (Fsp3) is 0.663. The third-order valence-corrected chi connectivity index (χ3v) is 20.8. The van der Waals surface area contributed by atoms with Gasteiger partial charge in [0, 0.05) is 119 Å². The zero-order valence-corrected chi connectivity index (χ0v) is 71.2. The van der Waals surface area contributed by atoms with Crippen LogP contribution in [0.3, 0.4) is 0 Å². The van der Waals surface area contributed by atoms with Crippen molar-refractivity contribution in [3.63, 3.8) is 0 Å². The van der Waals surface area contributed by atoms with Crippen LogP contribution in [-0.2, 0) is 55.0 Å². The van der Waals surface area contributed by atoms with E-state index in [2.05, 4.69) is 160 Å². The van der Waals surface area contributed by atoms with Crippen molar-refractivity contribution in [2.45, 2.75) is 306 Å². The van der Waals surface area contributed by atoms with Crippen molar-refractivity contribution in [2.75, 3.05) is 52.4 Å². The summed E-state index contributed by atoms with van der Waals surface area (Å²) in [6, 6.07) is 24.1. The molecule has 106 heavy (non-hydrogen) atoms. The number of oxime groups is 1. The molecular formula is C89H150N10O7. The maximum atomic E-state index is 11.8. The summed E-state index contributed by atoms with van der Waals surface area (Å²) in [5, 5.41) is 9.37. The van der Waals surface area contributed by atoms with Crippen LogP contribution in [0, 0.1) is 29.6 Å². The van der Waals surface area contributed by atoms with E-state index in [0.29, 0.717) is 32.2 Å². The van der Waals surface area contributed by atoms with E-state index in [1.165, 1.54) is 103 Å². The molecule has 17 heteroatoms. The Morgan fingerprint density at radius 1 is 0.472 bits per heavy atom. The smallest absolute Gasteiger partial charge is 0.254 e. The predicted octanol–water partition coefficient (Wildman–Crippen LogP) is 20.1. The van der Waals surface area contributed by atoms with Crippen molar-refractivity contribution in [1.82, 2.24) is 44.1 Å². The van der Waals surface area contributed by atoms with Crippen LogP contribution in [0.15, 0.2) is 109 Å². The first-order chi connectivity index (χ1) is 50.9. The summed E-state index contributed by atoms with van der Waals surface area (Å²) >= 11 is 0. The lowest BCUT2D eigenvalue weighted by Crippen LogP contribution is -2.62. The molecule has 3 aromatic carbocycles. The van der Waals surface area contributed by atoms with E-state index in [-0.39, 0.29) is 59.4 Å². The van der Waals surface area contributed by atoms with Gasteiger partial charge in [0.2, 0.25) is 29.5 Å². The third kappa shape index (κ3) is 30.1. The van der Waals surface area contributed by atoms with Crippen LogP contribution in [0.2, 0.25) is 0 Å². The van der Waals surface area contributed by atoms with Crippen molar-refractivity contribution >= 4 is 52.1 Å². The lowest BCUT2D eigenvalue weighted by Gasteiger charge is -2.41. The van der Waals surface area contributed by atoms with E-state index in [1.807, 2.05) is 108 Å². The number of carbonyl (C=O) groups excluding carboxylic acids is 6. The maximum Gasteiger partial charge on any atom is 0.254 e. The molecule has 1 saturated carbocycles. The van der Waals surface area contributed by atoms with E-state index in [4.69, 9.17) is 4.84 Å². The summed E-state index contributed by atoms with van der Waals surface area (Å²) in [5.41, 5.74) is 9.83. The van der Waals surface area contributed by atoms with Crippen LogP contribution >= 0.6 is 0 Å². The Labute approximate surface area is 645 Å². The minimum Gasteiger partial charge on any atom is -0.392 e. The standard InChI is InChI=1S/C10H18N2O2.C10H11NO.C10H13N.C9H10N2.C9H15NO.C9H17N.C9H18.C8H13NO2.C7H13NO.2C3H8.C2H6/c1-5-11-7(3)10(14)12(6-2)8(4)9(11)13;1-2-11-7-8-5-3-4-6-9(8)10(11)12;1-2-11-7-9-5-3-4-6-10(9)8-11;1-2-11-9-6-4-3-5-8(9)7-10-11;1-4-8-6-7(3)10(5-2)9(8)11;1-4-9-6-7-10(5-2)8(9)3;1-3-8-5-6-9(4-2)7-8;1-3-6-5-7(10)9(4-2)8(6)11;1-3-6-5-7(4-2)9-8-6;2*1-3-2;1-2/h7-8H,5-6H2,1-4H3;3-6H,2,7H2,1H3;3-6H,2,7-8H2,1H3;3-7H,2H2,1H3;8H,3-6H2,1-2H3;9H,3-7H2,1-2H3;8-9H,3-7H2,1-2H3;6H,3-5H2,1-2H3;7H,3-5H2,1-2H3;2*3H2,1-2H3;1-2H3. The largest absolute Gasteiger partial charge is 0.392 e. The SMILES string of the molecule is C=C1C(CC)CCN1CC.C=C1CC(CC)C(=O)N1CC.CC.CCC.CCC.CCC1=NOC(CC)C1.CCC1CC(=O)N(CC)C1=O.CCC1CCC(CC)C1.CCN1C(=O)C(C)N(CC)C(=O)C1C.CCN1Cc2ccccc2C1.CCN1Cc2ccccc2C1=O.CCn1ncc2ccccc21. The number of hydrogen-bond donors (Lipinski definition) is 0. The van der Waals surface area contributed by atoms with Crippen LogP contribution in [0.1, 0.15) is 289 Å². The average molecular weight is 1470 g/mol. The second-order valence-electron chi connectivity index (χ2n) is 28.0. The highest BCUT2D eigenvalue weighted by atomic mass is 16.6. The lowest BCUT2D eigenvalue weighted by atomic mass is 10.0. The number of para-hydroxylation sites is 1. The van der Waals surface area contributed by atoms with Crippen molar-refractivity contribution in [3.05, 3.63) is 126 Å². The highest BCUT2D eigenvalue weighted by Gasteiger charge is 2.40. The summed E-state index contributed by atoms with van der Waals surface area (Å²) in [5.74, 6) is 3.66. The molecule has 1 aromatic heterocycles. The van der Waals surface area contributed by atoms with Crippen LogP contribution in [0.5, 0.6) is 0 Å². The molecule has 0 spiro atoms. The lowest BCUT2D eigenvalue weighted by molar-refractivity contribution is -0.159. The summed E-state index contributed by atoms with van der Waals surface area (Å²) in [4.78, 5) is 87.2. The molecular weight excluding hydrogens is 1320 g/mol.